The summed E-state index contributed by atoms with van der Waals surface area (Å²) in [5, 5.41) is 3.20. The molecule has 0 spiro atoms. The van der Waals surface area contributed by atoms with E-state index in [1.807, 2.05) is 18.2 Å². The highest BCUT2D eigenvalue weighted by Gasteiger charge is 2.25. The molecule has 140 valence electrons. The maximum atomic E-state index is 12.0. The molecule has 0 aromatic carbocycles. The summed E-state index contributed by atoms with van der Waals surface area (Å²) in [5.74, 6) is 0.842. The van der Waals surface area contributed by atoms with Gasteiger partial charge in [-0.05, 0) is 19.1 Å². The number of nitrogens with one attached hydrogen (secondary N) is 1. The van der Waals surface area contributed by atoms with E-state index in [4.69, 9.17) is 4.74 Å². The van der Waals surface area contributed by atoms with Crippen molar-refractivity contribution in [3.05, 3.63) is 42.1 Å². The zero-order chi connectivity index (χ0) is 18.6. The van der Waals surface area contributed by atoms with Gasteiger partial charge < -0.3 is 10.1 Å². The van der Waals surface area contributed by atoms with Crippen LogP contribution in [-0.4, -0.2) is 67.4 Å². The van der Waals surface area contributed by atoms with Crippen LogP contribution in [-0.2, 0) is 14.6 Å². The van der Waals surface area contributed by atoms with E-state index < -0.39 is 9.84 Å². The molecule has 1 atom stereocenters. The summed E-state index contributed by atoms with van der Waals surface area (Å²) in [6, 6.07) is 5.79. The van der Waals surface area contributed by atoms with Gasteiger partial charge in [-0.1, -0.05) is 6.07 Å². The molecule has 26 heavy (non-hydrogen) atoms. The van der Waals surface area contributed by atoms with Crippen LogP contribution < -0.4 is 5.32 Å². The minimum absolute atomic E-state index is 0.0113. The van der Waals surface area contributed by atoms with Gasteiger partial charge in [0.2, 0.25) is 0 Å². The van der Waals surface area contributed by atoms with Gasteiger partial charge in [-0.15, -0.1) is 0 Å². The summed E-state index contributed by atoms with van der Waals surface area (Å²) in [4.78, 5) is 15.2. The van der Waals surface area contributed by atoms with Crippen molar-refractivity contribution in [3.63, 3.8) is 0 Å². The molecule has 0 unspecified atom stereocenters. The van der Waals surface area contributed by atoms with Crippen molar-refractivity contribution in [3.8, 4) is 0 Å². The maximum Gasteiger partial charge on any atom is 0.180 e. The Morgan fingerprint density at radius 1 is 1.27 bits per heavy atom. The van der Waals surface area contributed by atoms with E-state index in [1.165, 1.54) is 6.20 Å². The molecule has 1 saturated heterocycles. The quantitative estimate of drug-likeness (QED) is 0.798. The molecule has 0 radical (unpaired) electrons. The fourth-order valence-corrected chi connectivity index (χ4v) is 3.65. The Hall–Kier alpha value is -2.10. The van der Waals surface area contributed by atoms with Crippen LogP contribution in [0.1, 0.15) is 17.6 Å². The van der Waals surface area contributed by atoms with Crippen molar-refractivity contribution in [2.75, 3.05) is 44.4 Å². The van der Waals surface area contributed by atoms with E-state index in [2.05, 4.69) is 25.2 Å². The van der Waals surface area contributed by atoms with Crippen LogP contribution in [0.2, 0.25) is 0 Å². The van der Waals surface area contributed by atoms with Crippen molar-refractivity contribution < 1.29 is 13.2 Å². The Morgan fingerprint density at radius 3 is 2.69 bits per heavy atom. The van der Waals surface area contributed by atoms with E-state index >= 15 is 0 Å². The molecule has 9 heteroatoms. The minimum atomic E-state index is -3.42. The smallest absolute Gasteiger partial charge is 0.180 e. The lowest BCUT2D eigenvalue weighted by Gasteiger charge is -2.34. The van der Waals surface area contributed by atoms with Crippen molar-refractivity contribution in [1.82, 2.24) is 19.9 Å². The van der Waals surface area contributed by atoms with Crippen LogP contribution in [0.4, 0.5) is 5.82 Å². The Balaban J connectivity index is 1.85. The number of ether oxygens (including phenoxy) is 1. The zero-order valence-electron chi connectivity index (χ0n) is 14.9. The third-order valence-electron chi connectivity index (χ3n) is 4.25. The molecular weight excluding hydrogens is 354 g/mol. The summed E-state index contributed by atoms with van der Waals surface area (Å²) >= 11 is 0. The van der Waals surface area contributed by atoms with Gasteiger partial charge in [0.05, 0.1) is 31.1 Å². The van der Waals surface area contributed by atoms with Crippen molar-refractivity contribution >= 4 is 15.7 Å². The van der Waals surface area contributed by atoms with Gasteiger partial charge in [0, 0.05) is 32.1 Å². The number of aryl methyl sites for hydroxylation is 1. The molecule has 0 amide bonds. The fourth-order valence-electron chi connectivity index (χ4n) is 2.93. The SMILES string of the molecule is Cc1ncc(S(C)(=O)=O)c(NC[C@H](c2ccccn2)N2CCOCC2)n1. The van der Waals surface area contributed by atoms with Crippen LogP contribution in [0.5, 0.6) is 0 Å². The lowest BCUT2D eigenvalue weighted by molar-refractivity contribution is 0.0179. The number of hydrogen-bond donors (Lipinski definition) is 1. The van der Waals surface area contributed by atoms with Gasteiger partial charge in [-0.25, -0.2) is 18.4 Å². The molecule has 2 aromatic heterocycles. The summed E-state index contributed by atoms with van der Waals surface area (Å²) in [5.41, 5.74) is 0.925. The Morgan fingerprint density at radius 2 is 2.04 bits per heavy atom. The largest absolute Gasteiger partial charge is 0.379 e. The topological polar surface area (TPSA) is 97.3 Å². The Bertz CT molecular complexity index is 839. The number of anilines is 1. The first-order chi connectivity index (χ1) is 12.4. The zero-order valence-corrected chi connectivity index (χ0v) is 15.7. The Labute approximate surface area is 153 Å². The van der Waals surface area contributed by atoms with E-state index in [-0.39, 0.29) is 10.9 Å². The van der Waals surface area contributed by atoms with E-state index in [1.54, 1.807) is 13.1 Å². The van der Waals surface area contributed by atoms with Crippen LogP contribution >= 0.6 is 0 Å². The normalized spacial score (nSPS) is 17.0. The van der Waals surface area contributed by atoms with Crippen LogP contribution in [0, 0.1) is 6.92 Å². The average molecular weight is 377 g/mol. The van der Waals surface area contributed by atoms with E-state index in [0.717, 1.165) is 25.0 Å². The molecule has 1 aliphatic rings. The van der Waals surface area contributed by atoms with Gasteiger partial charge in [0.1, 0.15) is 16.5 Å². The van der Waals surface area contributed by atoms with Crippen LogP contribution in [0.25, 0.3) is 0 Å². The second-order valence-corrected chi connectivity index (χ2v) is 8.19. The molecule has 8 nitrogen and oxygen atoms in total. The number of aromatic nitrogens is 3. The predicted octanol–water partition coefficient (Wildman–Crippen LogP) is 1.07. The molecule has 0 saturated carbocycles. The van der Waals surface area contributed by atoms with Crippen molar-refractivity contribution in [2.24, 2.45) is 0 Å². The average Bonchev–Trinajstić information content (AvgIpc) is 2.63. The predicted molar refractivity (Wildman–Crippen MR) is 97.7 cm³/mol. The van der Waals surface area contributed by atoms with Crippen molar-refractivity contribution in [2.45, 2.75) is 17.9 Å². The summed E-state index contributed by atoms with van der Waals surface area (Å²) < 4.78 is 29.5. The fraction of sp³-hybridized carbons (Fsp3) is 0.471. The number of pyridine rings is 1. The first-order valence-electron chi connectivity index (χ1n) is 8.45. The maximum absolute atomic E-state index is 12.0. The lowest BCUT2D eigenvalue weighted by Crippen LogP contribution is -2.42. The second kappa shape index (κ2) is 8.07. The van der Waals surface area contributed by atoms with Gasteiger partial charge >= 0.3 is 0 Å². The number of sulfone groups is 1. The van der Waals surface area contributed by atoms with E-state index in [0.29, 0.717) is 31.4 Å². The van der Waals surface area contributed by atoms with Gasteiger partial charge in [-0.3, -0.25) is 9.88 Å². The molecule has 3 rings (SSSR count). The summed E-state index contributed by atoms with van der Waals surface area (Å²) in [6.45, 7) is 5.15. The van der Waals surface area contributed by atoms with Gasteiger partial charge in [0.25, 0.3) is 0 Å². The molecular formula is C17H23N5O3S. The molecule has 3 heterocycles. The highest BCUT2D eigenvalue weighted by Crippen LogP contribution is 2.23. The van der Waals surface area contributed by atoms with Crippen LogP contribution in [0.3, 0.4) is 0 Å². The highest BCUT2D eigenvalue weighted by molar-refractivity contribution is 7.90. The third-order valence-corrected chi connectivity index (χ3v) is 5.35. The monoisotopic (exact) mass is 377 g/mol. The van der Waals surface area contributed by atoms with E-state index in [9.17, 15) is 8.42 Å². The molecule has 1 aliphatic heterocycles. The highest BCUT2D eigenvalue weighted by atomic mass is 32.2. The lowest BCUT2D eigenvalue weighted by atomic mass is 10.1. The number of nitrogens with zero attached hydrogens (tertiary/aromatic N) is 4. The summed E-state index contributed by atoms with van der Waals surface area (Å²) in [6.07, 6.45) is 4.27. The number of morpholine rings is 1. The second-order valence-electron chi connectivity index (χ2n) is 6.20. The molecule has 1 N–H and O–H groups in total. The molecule has 2 aromatic rings. The number of hydrogen-bond acceptors (Lipinski definition) is 8. The van der Waals surface area contributed by atoms with Crippen molar-refractivity contribution in [1.29, 1.82) is 0 Å². The van der Waals surface area contributed by atoms with Gasteiger partial charge in [-0.2, -0.15) is 0 Å². The molecule has 0 aliphatic carbocycles. The molecule has 0 bridgehead atoms. The number of rotatable bonds is 6. The first-order valence-corrected chi connectivity index (χ1v) is 10.3. The Kier molecular flexibility index (Phi) is 5.80. The summed E-state index contributed by atoms with van der Waals surface area (Å²) in [7, 11) is -3.42. The van der Waals surface area contributed by atoms with Gasteiger partial charge in [0.15, 0.2) is 9.84 Å². The first kappa shape index (κ1) is 18.7. The molecule has 1 fully saturated rings. The van der Waals surface area contributed by atoms with Crippen LogP contribution in [0.15, 0.2) is 35.5 Å². The minimum Gasteiger partial charge on any atom is -0.379 e. The third kappa shape index (κ3) is 4.54. The standard InChI is InChI=1S/C17H23N5O3S/c1-13-19-12-16(26(2,23)24)17(21-13)20-11-15(14-5-3-4-6-18-14)22-7-9-25-10-8-22/h3-6,12,15H,7-11H2,1-2H3,(H,19,20,21)/t15-/m1/s1.